The number of amidine groups is 1. The average Bonchev–Trinajstić information content (AvgIpc) is 2.88. The van der Waals surface area contributed by atoms with Crippen LogP contribution in [0.3, 0.4) is 0 Å². The van der Waals surface area contributed by atoms with E-state index in [-0.39, 0.29) is 17.9 Å². The summed E-state index contributed by atoms with van der Waals surface area (Å²) in [7, 11) is 6.41. The first kappa shape index (κ1) is 39.4. The minimum absolute atomic E-state index is 0.129. The summed E-state index contributed by atoms with van der Waals surface area (Å²) in [5.41, 5.74) is 6.07. The van der Waals surface area contributed by atoms with E-state index in [9.17, 15) is 9.59 Å². The Morgan fingerprint density at radius 1 is 1.10 bits per heavy atom. The molecule has 10 heteroatoms. The summed E-state index contributed by atoms with van der Waals surface area (Å²) in [6, 6.07) is 4.98. The van der Waals surface area contributed by atoms with E-state index in [0.717, 1.165) is 0 Å². The van der Waals surface area contributed by atoms with Crippen LogP contribution in [0.25, 0.3) is 0 Å². The molecule has 0 spiro atoms. The fourth-order valence-electron chi connectivity index (χ4n) is 2.46. The Hall–Kier alpha value is -4.07. The smallest absolute Gasteiger partial charge is 0.251 e. The molecule has 218 valence electrons. The van der Waals surface area contributed by atoms with Gasteiger partial charge in [0, 0.05) is 58.3 Å². The SMILES string of the molecule is C#C.C=CN=C(C)N.CCNC(=O)/C(C)=C/C=C(\C)Oc1cc(OC(C)COC)cc(C(=O)NC)c1.COC. The van der Waals surface area contributed by atoms with Gasteiger partial charge in [0.2, 0.25) is 5.91 Å². The van der Waals surface area contributed by atoms with Crippen LogP contribution in [0, 0.1) is 12.8 Å². The first-order valence-corrected chi connectivity index (χ1v) is 12.0. The van der Waals surface area contributed by atoms with Gasteiger partial charge in [0.25, 0.3) is 5.91 Å². The van der Waals surface area contributed by atoms with Gasteiger partial charge in [0.05, 0.1) is 12.4 Å². The van der Waals surface area contributed by atoms with Crippen molar-refractivity contribution in [1.82, 2.24) is 10.6 Å². The normalized spacial score (nSPS) is 11.5. The van der Waals surface area contributed by atoms with Crippen LogP contribution in [-0.2, 0) is 14.3 Å². The van der Waals surface area contributed by atoms with Crippen molar-refractivity contribution in [2.75, 3.05) is 41.5 Å². The molecule has 0 aliphatic heterocycles. The number of carbonyl (C=O) groups excluding carboxylic acids is 2. The Morgan fingerprint density at radius 3 is 2.10 bits per heavy atom. The topological polar surface area (TPSA) is 134 Å². The van der Waals surface area contributed by atoms with Gasteiger partial charge in [-0.2, -0.15) is 0 Å². The van der Waals surface area contributed by atoms with Gasteiger partial charge in [-0.1, -0.05) is 12.7 Å². The van der Waals surface area contributed by atoms with Crippen LogP contribution in [-0.4, -0.2) is 65.3 Å². The van der Waals surface area contributed by atoms with Gasteiger partial charge in [-0.25, -0.2) is 4.99 Å². The van der Waals surface area contributed by atoms with Gasteiger partial charge >= 0.3 is 0 Å². The highest BCUT2D eigenvalue weighted by molar-refractivity contribution is 5.95. The van der Waals surface area contributed by atoms with Crippen molar-refractivity contribution in [3.8, 4) is 24.3 Å². The molecule has 1 atom stereocenters. The van der Waals surface area contributed by atoms with E-state index in [0.29, 0.717) is 47.4 Å². The maximum Gasteiger partial charge on any atom is 0.251 e. The molecule has 1 aromatic carbocycles. The van der Waals surface area contributed by atoms with Crippen LogP contribution in [0.5, 0.6) is 11.5 Å². The zero-order chi connectivity index (χ0) is 30.8. The van der Waals surface area contributed by atoms with Crippen LogP contribution in [0.1, 0.15) is 45.0 Å². The summed E-state index contributed by atoms with van der Waals surface area (Å²) in [5.74, 6) is 1.69. The third-order valence-electron chi connectivity index (χ3n) is 3.95. The van der Waals surface area contributed by atoms with E-state index in [4.69, 9.17) is 19.9 Å². The highest BCUT2D eigenvalue weighted by Crippen LogP contribution is 2.25. The van der Waals surface area contributed by atoms with Crippen molar-refractivity contribution in [1.29, 1.82) is 0 Å². The van der Waals surface area contributed by atoms with Crippen molar-refractivity contribution in [3.05, 3.63) is 60.0 Å². The van der Waals surface area contributed by atoms with Crippen molar-refractivity contribution in [3.63, 3.8) is 0 Å². The maximum absolute atomic E-state index is 12.1. The quantitative estimate of drug-likeness (QED) is 0.0959. The Labute approximate surface area is 234 Å². The van der Waals surface area contributed by atoms with Crippen LogP contribution >= 0.6 is 0 Å². The number of terminal acetylenes is 1. The maximum atomic E-state index is 12.1. The Kier molecular flexibility index (Phi) is 25.9. The van der Waals surface area contributed by atoms with Gasteiger partial charge in [0.1, 0.15) is 23.4 Å². The molecule has 0 radical (unpaired) electrons. The van der Waals surface area contributed by atoms with E-state index in [1.54, 1.807) is 79.5 Å². The number of carbonyl (C=O) groups is 2. The number of rotatable bonds is 11. The molecule has 1 aromatic rings. The minimum Gasteiger partial charge on any atom is -0.488 e. The van der Waals surface area contributed by atoms with E-state index in [1.165, 1.54) is 6.20 Å². The molecule has 2 amide bonds. The zero-order valence-electron chi connectivity index (χ0n) is 24.8. The largest absolute Gasteiger partial charge is 0.488 e. The lowest BCUT2D eigenvalue weighted by Gasteiger charge is -2.16. The predicted octanol–water partition coefficient (Wildman–Crippen LogP) is 3.84. The Morgan fingerprint density at radius 2 is 1.67 bits per heavy atom. The Bertz CT molecular complexity index is 964. The van der Waals surface area contributed by atoms with E-state index < -0.39 is 0 Å². The second-order valence-corrected chi connectivity index (χ2v) is 7.61. The van der Waals surface area contributed by atoms with Crippen LogP contribution in [0.15, 0.2) is 59.5 Å². The molecule has 0 aliphatic rings. The first-order valence-electron chi connectivity index (χ1n) is 12.0. The number of ether oxygens (including phenoxy) is 4. The summed E-state index contributed by atoms with van der Waals surface area (Å²) >= 11 is 0. The molecular formula is C29H46N4O6. The number of amides is 2. The molecule has 1 unspecified atom stereocenters. The fraction of sp³-hybridized carbons (Fsp3) is 0.414. The van der Waals surface area contributed by atoms with Gasteiger partial charge in [-0.15, -0.1) is 12.8 Å². The summed E-state index contributed by atoms with van der Waals surface area (Å²) in [6.07, 6.45) is 12.6. The third-order valence-corrected chi connectivity index (χ3v) is 3.95. The molecule has 39 heavy (non-hydrogen) atoms. The summed E-state index contributed by atoms with van der Waals surface area (Å²) in [6.45, 7) is 13.3. The molecule has 0 heterocycles. The lowest BCUT2D eigenvalue weighted by atomic mass is 10.2. The number of hydrogen-bond donors (Lipinski definition) is 3. The van der Waals surface area contributed by atoms with Crippen molar-refractivity contribution in [2.24, 2.45) is 10.7 Å². The van der Waals surface area contributed by atoms with E-state index in [1.807, 2.05) is 13.8 Å². The standard InChI is InChI=1S/C21H30N2O5.C4H8N2.C2H6O.C2H2/c1-7-23-20(24)14(2)8-9-15(3)27-18-10-17(21(25)22-5)11-19(12-18)28-16(4)13-26-6;1-3-6-4(2)5;1-3-2;1-2/h8-12,16H,7,13H2,1-6H3,(H,22,25)(H,23,24);3H,1H2,2H3,(H2,5,6);1-2H3;1-2H/b14-8+,15-9+;;;. The summed E-state index contributed by atoms with van der Waals surface area (Å²) in [5, 5.41) is 5.32. The number of nitrogens with two attached hydrogens (primary N) is 1. The highest BCUT2D eigenvalue weighted by Gasteiger charge is 2.12. The molecule has 10 nitrogen and oxygen atoms in total. The summed E-state index contributed by atoms with van der Waals surface area (Å²) in [4.78, 5) is 27.4. The van der Waals surface area contributed by atoms with Crippen LogP contribution < -0.4 is 25.8 Å². The van der Waals surface area contributed by atoms with Gasteiger partial charge in [-0.05, 0) is 52.8 Å². The number of benzene rings is 1. The number of allylic oxidation sites excluding steroid dienone is 3. The third kappa shape index (κ3) is 21.7. The predicted molar refractivity (Wildman–Crippen MR) is 159 cm³/mol. The van der Waals surface area contributed by atoms with Crippen LogP contribution in [0.4, 0.5) is 0 Å². The molecule has 0 aliphatic carbocycles. The zero-order valence-corrected chi connectivity index (χ0v) is 24.8. The summed E-state index contributed by atoms with van der Waals surface area (Å²) < 4.78 is 20.9. The second kappa shape index (κ2) is 25.6. The van der Waals surface area contributed by atoms with Gasteiger partial charge in [0.15, 0.2) is 0 Å². The van der Waals surface area contributed by atoms with Crippen molar-refractivity contribution >= 4 is 17.6 Å². The minimum atomic E-state index is -0.247. The number of methoxy groups -OCH3 is 2. The lowest BCUT2D eigenvalue weighted by Crippen LogP contribution is -2.23. The Balaban J connectivity index is -0.00000100. The molecular weight excluding hydrogens is 500 g/mol. The van der Waals surface area contributed by atoms with E-state index >= 15 is 0 Å². The molecule has 0 fully saturated rings. The number of aliphatic imine (C=N–C) groups is 1. The molecule has 1 rings (SSSR count). The highest BCUT2D eigenvalue weighted by atomic mass is 16.5. The first-order chi connectivity index (χ1) is 18.5. The molecule has 0 saturated carbocycles. The van der Waals surface area contributed by atoms with E-state index in [2.05, 4.69) is 39.8 Å². The number of nitrogens with one attached hydrogen (secondary N) is 2. The van der Waals surface area contributed by atoms with Crippen molar-refractivity contribution in [2.45, 2.75) is 40.7 Å². The van der Waals surface area contributed by atoms with Gasteiger partial charge in [-0.3, -0.25) is 9.59 Å². The van der Waals surface area contributed by atoms with Crippen LogP contribution in [0.2, 0.25) is 0 Å². The monoisotopic (exact) mass is 546 g/mol. The van der Waals surface area contributed by atoms with Crippen molar-refractivity contribution < 1.29 is 28.5 Å². The second-order valence-electron chi connectivity index (χ2n) is 7.61. The number of nitrogens with zero attached hydrogens (tertiary/aromatic N) is 1. The molecule has 0 aromatic heterocycles. The fourth-order valence-corrected chi connectivity index (χ4v) is 2.46. The number of hydrogen-bond acceptors (Lipinski definition) is 7. The number of likely N-dealkylation sites (N-methyl/N-ethyl adjacent to an activating group) is 1. The molecule has 4 N–H and O–H groups in total. The van der Waals surface area contributed by atoms with Gasteiger partial charge < -0.3 is 35.3 Å². The lowest BCUT2D eigenvalue weighted by molar-refractivity contribution is -0.117. The molecule has 0 saturated heterocycles. The molecule has 0 bridgehead atoms. The average molecular weight is 547 g/mol.